The minimum absolute atomic E-state index is 0.0588. The van der Waals surface area contributed by atoms with Crippen molar-refractivity contribution >= 4 is 60.6 Å². The number of methoxy groups -OCH3 is 2. The zero-order chi connectivity index (χ0) is 26.1. The monoisotopic (exact) mass is 593 g/mol. The van der Waals surface area contributed by atoms with Crippen molar-refractivity contribution in [1.29, 1.82) is 0 Å². The normalized spacial score (nSPS) is 10.9. The van der Waals surface area contributed by atoms with E-state index in [0.29, 0.717) is 46.1 Å². The van der Waals surface area contributed by atoms with Crippen LogP contribution in [0.15, 0.2) is 76.1 Å². The van der Waals surface area contributed by atoms with Crippen LogP contribution in [0.1, 0.15) is 10.4 Å². The van der Waals surface area contributed by atoms with E-state index in [1.807, 2.05) is 0 Å². The first kappa shape index (κ1) is 27.4. The number of nitrogens with one attached hydrogen (secondary N) is 3. The van der Waals surface area contributed by atoms with E-state index in [2.05, 4.69) is 31.3 Å². The Labute approximate surface area is 223 Å². The van der Waals surface area contributed by atoms with Gasteiger partial charge >= 0.3 is 0 Å². The fourth-order valence-corrected chi connectivity index (χ4v) is 4.68. The van der Waals surface area contributed by atoms with Crippen LogP contribution < -0.4 is 24.8 Å². The molecule has 3 N–H and O–H groups in total. The van der Waals surface area contributed by atoms with Crippen LogP contribution in [0.3, 0.4) is 0 Å². The highest BCUT2D eigenvalue weighted by Gasteiger charge is 2.15. The van der Waals surface area contributed by atoms with Crippen molar-refractivity contribution in [3.63, 3.8) is 0 Å². The first-order valence-corrected chi connectivity index (χ1v) is 13.2. The molecule has 0 saturated heterocycles. The third-order valence-corrected chi connectivity index (χ3v) is 6.95. The molecule has 3 rings (SSSR count). The van der Waals surface area contributed by atoms with Crippen LogP contribution in [0.25, 0.3) is 0 Å². The van der Waals surface area contributed by atoms with Gasteiger partial charge in [-0.2, -0.15) is 0 Å². The van der Waals surface area contributed by atoms with Gasteiger partial charge in [-0.1, -0.05) is 0 Å². The topological polar surface area (TPSA) is 115 Å². The molecule has 0 fully saturated rings. The molecule has 0 saturated carbocycles. The Hall–Kier alpha value is -3.19. The molecule has 0 aliphatic carbocycles. The van der Waals surface area contributed by atoms with E-state index >= 15 is 0 Å². The second kappa shape index (κ2) is 12.7. The van der Waals surface area contributed by atoms with Crippen molar-refractivity contribution in [3.8, 4) is 11.5 Å². The summed E-state index contributed by atoms with van der Waals surface area (Å²) in [6.07, 6.45) is 0. The number of thiocarbonyl (C=S) groups is 1. The maximum absolute atomic E-state index is 12.7. The SMILES string of the molecule is COCCOc1ccc(C(=O)NC(=S)Nc2ccc(S(=O)(=O)Nc3ccc(OC)cc3)cc2)cc1Br. The molecule has 0 aromatic heterocycles. The van der Waals surface area contributed by atoms with Crippen molar-refractivity contribution in [2.75, 3.05) is 37.5 Å². The van der Waals surface area contributed by atoms with Gasteiger partial charge in [0.15, 0.2) is 5.11 Å². The van der Waals surface area contributed by atoms with E-state index in [1.165, 1.54) is 19.2 Å². The minimum Gasteiger partial charge on any atom is -0.497 e. The van der Waals surface area contributed by atoms with Gasteiger partial charge in [-0.25, -0.2) is 8.42 Å². The Bertz CT molecular complexity index is 1320. The Morgan fingerprint density at radius 1 is 0.944 bits per heavy atom. The summed E-state index contributed by atoms with van der Waals surface area (Å²) in [6, 6.07) is 17.4. The van der Waals surface area contributed by atoms with Crippen LogP contribution in [0, 0.1) is 0 Å². The predicted octanol–water partition coefficient (Wildman–Crippen LogP) is 4.41. The number of hydrogen-bond donors (Lipinski definition) is 3. The van der Waals surface area contributed by atoms with Crippen molar-refractivity contribution in [1.82, 2.24) is 5.32 Å². The average molecular weight is 595 g/mol. The average Bonchev–Trinajstić information content (AvgIpc) is 2.85. The van der Waals surface area contributed by atoms with Crippen LogP contribution in [0.4, 0.5) is 11.4 Å². The zero-order valence-corrected chi connectivity index (χ0v) is 22.6. The minimum atomic E-state index is -3.79. The van der Waals surface area contributed by atoms with E-state index in [0.717, 1.165) is 0 Å². The molecule has 0 aliphatic rings. The van der Waals surface area contributed by atoms with Crippen molar-refractivity contribution in [2.24, 2.45) is 0 Å². The van der Waals surface area contributed by atoms with Crippen LogP contribution >= 0.6 is 28.1 Å². The summed E-state index contributed by atoms with van der Waals surface area (Å²) in [6.45, 7) is 0.826. The van der Waals surface area contributed by atoms with Crippen LogP contribution in [0.2, 0.25) is 0 Å². The molecule has 190 valence electrons. The molecule has 0 radical (unpaired) electrons. The number of amides is 1. The molecule has 0 bridgehead atoms. The quantitative estimate of drug-likeness (QED) is 0.234. The van der Waals surface area contributed by atoms with Crippen molar-refractivity contribution < 1.29 is 27.4 Å². The van der Waals surface area contributed by atoms with E-state index in [-0.39, 0.29) is 10.0 Å². The Kier molecular flexibility index (Phi) is 9.65. The van der Waals surface area contributed by atoms with Gasteiger partial charge in [-0.05, 0) is 94.9 Å². The summed E-state index contributed by atoms with van der Waals surface area (Å²) in [5, 5.41) is 5.51. The molecular weight excluding hydrogens is 570 g/mol. The highest BCUT2D eigenvalue weighted by atomic mass is 79.9. The smallest absolute Gasteiger partial charge is 0.261 e. The molecule has 0 atom stereocenters. The third kappa shape index (κ3) is 7.65. The molecule has 12 heteroatoms. The van der Waals surface area contributed by atoms with Gasteiger partial charge in [0.2, 0.25) is 0 Å². The summed E-state index contributed by atoms with van der Waals surface area (Å²) >= 11 is 8.60. The lowest BCUT2D eigenvalue weighted by atomic mass is 10.2. The fourth-order valence-electron chi connectivity index (χ4n) is 2.92. The predicted molar refractivity (Wildman–Crippen MR) is 145 cm³/mol. The number of sulfonamides is 1. The molecule has 9 nitrogen and oxygen atoms in total. The van der Waals surface area contributed by atoms with Gasteiger partial charge in [0.05, 0.1) is 23.1 Å². The second-order valence-corrected chi connectivity index (χ2v) is 10.2. The number of benzene rings is 3. The largest absolute Gasteiger partial charge is 0.497 e. The lowest BCUT2D eigenvalue weighted by Gasteiger charge is -2.12. The highest BCUT2D eigenvalue weighted by molar-refractivity contribution is 9.10. The Balaban J connectivity index is 1.57. The number of rotatable bonds is 10. The van der Waals surface area contributed by atoms with Gasteiger partial charge in [-0.15, -0.1) is 0 Å². The van der Waals surface area contributed by atoms with Gasteiger partial charge in [0.1, 0.15) is 18.1 Å². The van der Waals surface area contributed by atoms with Gasteiger partial charge < -0.3 is 19.5 Å². The molecule has 0 unspecified atom stereocenters. The standard InChI is InChI=1S/C24H24BrN3O6S2/c1-32-13-14-34-22-12-3-16(15-21(22)25)23(29)27-24(35)26-17-6-10-20(11-7-17)36(30,31)28-18-4-8-19(33-2)9-5-18/h3-12,15,28H,13-14H2,1-2H3,(H2,26,27,29,35). The Morgan fingerprint density at radius 2 is 1.61 bits per heavy atom. The van der Waals surface area contributed by atoms with Crippen LogP contribution in [-0.4, -0.2) is 46.9 Å². The molecule has 3 aromatic carbocycles. The van der Waals surface area contributed by atoms with Gasteiger partial charge in [0, 0.05) is 24.0 Å². The molecule has 36 heavy (non-hydrogen) atoms. The number of carbonyl (C=O) groups is 1. The lowest BCUT2D eigenvalue weighted by molar-refractivity contribution is 0.0977. The fraction of sp³-hybridized carbons (Fsp3) is 0.167. The van der Waals surface area contributed by atoms with E-state index in [4.69, 9.17) is 26.4 Å². The van der Waals surface area contributed by atoms with Crippen LogP contribution in [0.5, 0.6) is 11.5 Å². The molecule has 0 aliphatic heterocycles. The summed E-state index contributed by atoms with van der Waals surface area (Å²) < 4.78 is 44.0. The van der Waals surface area contributed by atoms with Crippen molar-refractivity contribution in [2.45, 2.75) is 4.90 Å². The zero-order valence-electron chi connectivity index (χ0n) is 19.4. The number of anilines is 2. The maximum Gasteiger partial charge on any atom is 0.261 e. The lowest BCUT2D eigenvalue weighted by Crippen LogP contribution is -2.34. The number of carbonyl (C=O) groups excluding carboxylic acids is 1. The third-order valence-electron chi connectivity index (χ3n) is 4.73. The van der Waals surface area contributed by atoms with E-state index in [9.17, 15) is 13.2 Å². The highest BCUT2D eigenvalue weighted by Crippen LogP contribution is 2.26. The number of ether oxygens (including phenoxy) is 3. The Morgan fingerprint density at radius 3 is 2.22 bits per heavy atom. The summed E-state index contributed by atoms with van der Waals surface area (Å²) in [5.41, 5.74) is 1.28. The molecule has 3 aromatic rings. The summed E-state index contributed by atoms with van der Waals surface area (Å²) in [4.78, 5) is 12.6. The van der Waals surface area contributed by atoms with E-state index in [1.54, 1.807) is 61.7 Å². The van der Waals surface area contributed by atoms with Crippen LogP contribution in [-0.2, 0) is 14.8 Å². The number of halogens is 1. The first-order chi connectivity index (χ1) is 17.2. The summed E-state index contributed by atoms with van der Waals surface area (Å²) in [7, 11) is -0.677. The molecular formula is C24H24BrN3O6S2. The first-order valence-electron chi connectivity index (χ1n) is 10.5. The molecule has 0 heterocycles. The molecule has 1 amide bonds. The second-order valence-electron chi connectivity index (χ2n) is 7.25. The molecule has 0 spiro atoms. The van der Waals surface area contributed by atoms with Gasteiger partial charge in [0.25, 0.3) is 15.9 Å². The maximum atomic E-state index is 12.7. The summed E-state index contributed by atoms with van der Waals surface area (Å²) in [5.74, 6) is 0.786. The van der Waals surface area contributed by atoms with Gasteiger partial charge in [-0.3, -0.25) is 14.8 Å². The number of hydrogen-bond acceptors (Lipinski definition) is 7. The van der Waals surface area contributed by atoms with Crippen molar-refractivity contribution in [3.05, 3.63) is 76.8 Å². The van der Waals surface area contributed by atoms with E-state index < -0.39 is 15.9 Å².